The van der Waals surface area contributed by atoms with E-state index in [-0.39, 0.29) is 5.75 Å². The van der Waals surface area contributed by atoms with Crippen LogP contribution >= 0.6 is 0 Å². The zero-order valence-corrected chi connectivity index (χ0v) is 13.8. The maximum atomic E-state index is 12.3. The van der Waals surface area contributed by atoms with E-state index in [4.69, 9.17) is 0 Å². The van der Waals surface area contributed by atoms with Gasteiger partial charge in [0.2, 0.25) is 10.0 Å². The summed E-state index contributed by atoms with van der Waals surface area (Å²) in [5, 5.41) is 3.25. The fraction of sp³-hybridized carbons (Fsp3) is 1.00. The largest absolute Gasteiger partial charge is 0.317 e. The number of unbranched alkanes of at least 4 members (excludes halogenated alkanes) is 2. The molecule has 116 valence electrons. The molecule has 5 heteroatoms. The van der Waals surface area contributed by atoms with Crippen LogP contribution in [-0.4, -0.2) is 44.7 Å². The fourth-order valence-electron chi connectivity index (χ4n) is 1.87. The molecule has 0 aliphatic heterocycles. The summed E-state index contributed by atoms with van der Waals surface area (Å²) in [6.07, 6.45) is 5.78. The molecule has 0 amide bonds. The Balaban J connectivity index is 4.18. The molecule has 0 heterocycles. The summed E-state index contributed by atoms with van der Waals surface area (Å²) < 4.78 is 26.2. The van der Waals surface area contributed by atoms with Crippen molar-refractivity contribution in [2.24, 2.45) is 0 Å². The Labute approximate surface area is 120 Å². The lowest BCUT2D eigenvalue weighted by Gasteiger charge is -2.21. The standard InChI is InChI=1S/C14H32N2O2S/c1-4-7-12-16(13-8-5-2)19(17,18)14-9-11-15-10-6-3/h15H,4-14H2,1-3H3. The van der Waals surface area contributed by atoms with Gasteiger partial charge in [0.15, 0.2) is 0 Å². The van der Waals surface area contributed by atoms with E-state index in [1.165, 1.54) is 0 Å². The monoisotopic (exact) mass is 292 g/mol. The van der Waals surface area contributed by atoms with E-state index in [2.05, 4.69) is 26.1 Å². The summed E-state index contributed by atoms with van der Waals surface area (Å²) in [7, 11) is -3.06. The molecule has 0 bridgehead atoms. The Morgan fingerprint density at radius 1 is 0.842 bits per heavy atom. The molecule has 0 atom stereocenters. The number of nitrogens with one attached hydrogen (secondary N) is 1. The van der Waals surface area contributed by atoms with Gasteiger partial charge in [-0.1, -0.05) is 33.6 Å². The summed E-state index contributed by atoms with van der Waals surface area (Å²) in [6.45, 7) is 9.43. The minimum atomic E-state index is -3.06. The number of nitrogens with zero attached hydrogens (tertiary/aromatic N) is 1. The molecule has 1 N–H and O–H groups in total. The Bertz CT molecular complexity index is 284. The quantitative estimate of drug-likeness (QED) is 0.531. The van der Waals surface area contributed by atoms with Gasteiger partial charge in [-0.3, -0.25) is 0 Å². The van der Waals surface area contributed by atoms with Gasteiger partial charge in [0, 0.05) is 13.1 Å². The van der Waals surface area contributed by atoms with E-state index in [0.717, 1.165) is 45.2 Å². The van der Waals surface area contributed by atoms with Gasteiger partial charge < -0.3 is 5.32 Å². The average molecular weight is 292 g/mol. The molecule has 0 radical (unpaired) electrons. The van der Waals surface area contributed by atoms with Gasteiger partial charge in [-0.2, -0.15) is 0 Å². The fourth-order valence-corrected chi connectivity index (χ4v) is 3.45. The predicted octanol–water partition coefficient (Wildman–Crippen LogP) is 2.61. The first kappa shape index (κ1) is 18.9. The van der Waals surface area contributed by atoms with E-state index in [1.54, 1.807) is 4.31 Å². The molecule has 0 aromatic heterocycles. The van der Waals surface area contributed by atoms with Gasteiger partial charge in [-0.25, -0.2) is 12.7 Å². The lowest BCUT2D eigenvalue weighted by molar-refractivity contribution is 0.394. The molecule has 0 aromatic carbocycles. The van der Waals surface area contributed by atoms with E-state index in [1.807, 2.05) is 0 Å². The van der Waals surface area contributed by atoms with Crippen LogP contribution in [0.1, 0.15) is 59.3 Å². The molecule has 0 saturated carbocycles. The van der Waals surface area contributed by atoms with Crippen LogP contribution in [0.25, 0.3) is 0 Å². The second-order valence-corrected chi connectivity index (χ2v) is 7.11. The Morgan fingerprint density at radius 3 is 1.89 bits per heavy atom. The van der Waals surface area contributed by atoms with Gasteiger partial charge in [0.05, 0.1) is 5.75 Å². The Hall–Kier alpha value is -0.130. The third-order valence-electron chi connectivity index (χ3n) is 3.10. The van der Waals surface area contributed by atoms with Crippen LogP contribution in [0.5, 0.6) is 0 Å². The lowest BCUT2D eigenvalue weighted by Crippen LogP contribution is -2.35. The van der Waals surface area contributed by atoms with Crippen molar-refractivity contribution in [2.45, 2.75) is 59.3 Å². The van der Waals surface area contributed by atoms with E-state index < -0.39 is 10.0 Å². The summed E-state index contributed by atoms with van der Waals surface area (Å²) in [5.74, 6) is 0.275. The zero-order chi connectivity index (χ0) is 14.6. The van der Waals surface area contributed by atoms with Crippen LogP contribution in [0.3, 0.4) is 0 Å². The van der Waals surface area contributed by atoms with Crippen LogP contribution in [-0.2, 0) is 10.0 Å². The SMILES string of the molecule is CCCCN(CCCC)S(=O)(=O)CCCNCCC. The summed E-state index contributed by atoms with van der Waals surface area (Å²) >= 11 is 0. The molecule has 19 heavy (non-hydrogen) atoms. The van der Waals surface area contributed by atoms with Crippen molar-refractivity contribution in [3.63, 3.8) is 0 Å². The first-order chi connectivity index (χ1) is 9.08. The van der Waals surface area contributed by atoms with Crippen LogP contribution in [0.2, 0.25) is 0 Å². The molecule has 0 saturated heterocycles. The topological polar surface area (TPSA) is 49.4 Å². The number of sulfonamides is 1. The normalized spacial score (nSPS) is 12.2. The molecule has 0 aliphatic rings. The summed E-state index contributed by atoms with van der Waals surface area (Å²) in [5.41, 5.74) is 0. The van der Waals surface area contributed by atoms with Crippen LogP contribution < -0.4 is 5.32 Å². The maximum absolute atomic E-state index is 12.3. The Morgan fingerprint density at radius 2 is 1.42 bits per heavy atom. The van der Waals surface area contributed by atoms with Gasteiger partial charge in [0.1, 0.15) is 0 Å². The van der Waals surface area contributed by atoms with Gasteiger partial charge in [-0.05, 0) is 38.8 Å². The van der Waals surface area contributed by atoms with Crippen molar-refractivity contribution in [2.75, 3.05) is 31.9 Å². The molecule has 4 nitrogen and oxygen atoms in total. The van der Waals surface area contributed by atoms with Crippen molar-refractivity contribution in [3.05, 3.63) is 0 Å². The number of hydrogen-bond donors (Lipinski definition) is 1. The highest BCUT2D eigenvalue weighted by atomic mass is 32.2. The summed E-state index contributed by atoms with van der Waals surface area (Å²) in [6, 6.07) is 0. The van der Waals surface area contributed by atoms with Crippen molar-refractivity contribution < 1.29 is 8.42 Å². The summed E-state index contributed by atoms with van der Waals surface area (Å²) in [4.78, 5) is 0. The van der Waals surface area contributed by atoms with Crippen molar-refractivity contribution in [1.82, 2.24) is 9.62 Å². The molecular formula is C14H32N2O2S. The van der Waals surface area contributed by atoms with Gasteiger partial charge >= 0.3 is 0 Å². The van der Waals surface area contributed by atoms with E-state index >= 15 is 0 Å². The van der Waals surface area contributed by atoms with E-state index in [9.17, 15) is 8.42 Å². The molecule has 0 fully saturated rings. The highest BCUT2D eigenvalue weighted by Gasteiger charge is 2.20. The van der Waals surface area contributed by atoms with Crippen molar-refractivity contribution in [3.8, 4) is 0 Å². The Kier molecular flexibility index (Phi) is 11.6. The van der Waals surface area contributed by atoms with Crippen molar-refractivity contribution in [1.29, 1.82) is 0 Å². The molecule has 0 rings (SSSR count). The third kappa shape index (κ3) is 9.41. The molecule has 0 unspecified atom stereocenters. The molecular weight excluding hydrogens is 260 g/mol. The van der Waals surface area contributed by atoms with Crippen LogP contribution in [0, 0.1) is 0 Å². The van der Waals surface area contributed by atoms with Gasteiger partial charge in [0.25, 0.3) is 0 Å². The van der Waals surface area contributed by atoms with E-state index in [0.29, 0.717) is 19.5 Å². The molecule has 0 aliphatic carbocycles. The predicted molar refractivity (Wildman–Crippen MR) is 83.0 cm³/mol. The van der Waals surface area contributed by atoms with Crippen LogP contribution in [0.4, 0.5) is 0 Å². The van der Waals surface area contributed by atoms with Gasteiger partial charge in [-0.15, -0.1) is 0 Å². The second kappa shape index (κ2) is 11.7. The van der Waals surface area contributed by atoms with Crippen LogP contribution in [0.15, 0.2) is 0 Å². The van der Waals surface area contributed by atoms with Crippen molar-refractivity contribution >= 4 is 10.0 Å². The zero-order valence-electron chi connectivity index (χ0n) is 13.0. The third-order valence-corrected chi connectivity index (χ3v) is 5.05. The smallest absolute Gasteiger partial charge is 0.214 e. The highest BCUT2D eigenvalue weighted by Crippen LogP contribution is 2.08. The minimum absolute atomic E-state index is 0.275. The first-order valence-corrected chi connectivity index (χ1v) is 9.37. The molecule has 0 spiro atoms. The average Bonchev–Trinajstić information content (AvgIpc) is 2.38. The second-order valence-electron chi connectivity index (χ2n) is 5.03. The molecule has 0 aromatic rings. The maximum Gasteiger partial charge on any atom is 0.214 e. The minimum Gasteiger partial charge on any atom is -0.317 e. The number of hydrogen-bond acceptors (Lipinski definition) is 3. The highest BCUT2D eigenvalue weighted by molar-refractivity contribution is 7.89. The number of rotatable bonds is 13. The lowest BCUT2D eigenvalue weighted by atomic mass is 10.3. The first-order valence-electron chi connectivity index (χ1n) is 7.77.